The largest absolute Gasteiger partial charge is 0.355 e. The average molecular weight is 813 g/mol. The van der Waals surface area contributed by atoms with Gasteiger partial charge in [0, 0.05) is 83.7 Å². The van der Waals surface area contributed by atoms with Gasteiger partial charge in [-0.2, -0.15) is 0 Å². The zero-order valence-corrected chi connectivity index (χ0v) is 33.9. The fraction of sp³-hybridized carbons (Fsp3) is 0.333. The number of carbonyl (C=O) groups excluding carboxylic acids is 3. The first-order valence-electron chi connectivity index (χ1n) is 20.4. The molecule has 0 aliphatic carbocycles. The van der Waals surface area contributed by atoms with Crippen molar-refractivity contribution in [1.82, 2.24) is 44.2 Å². The summed E-state index contributed by atoms with van der Waals surface area (Å²) in [5.41, 5.74) is 24.6. The molecule has 314 valence electrons. The summed E-state index contributed by atoms with van der Waals surface area (Å²) in [4.78, 5) is 54.7. The highest BCUT2D eigenvalue weighted by Gasteiger charge is 2.23. The van der Waals surface area contributed by atoms with E-state index in [1.54, 1.807) is 23.9 Å². The average Bonchev–Trinajstić information content (AvgIpc) is 4.02. The van der Waals surface area contributed by atoms with E-state index in [0.717, 1.165) is 28.1 Å². The van der Waals surface area contributed by atoms with Gasteiger partial charge in [-0.25, -0.2) is 15.0 Å². The third-order valence-corrected chi connectivity index (χ3v) is 10.1. The normalized spacial score (nSPS) is 12.7. The van der Waals surface area contributed by atoms with Crippen LogP contribution in [0.25, 0.3) is 0 Å². The number of rotatable bonds is 23. The molecule has 8 N–H and O–H groups in total. The zero-order chi connectivity index (χ0) is 42.1. The van der Waals surface area contributed by atoms with Gasteiger partial charge in [-0.3, -0.25) is 14.4 Å². The highest BCUT2D eigenvalue weighted by atomic mass is 16.2. The molecule has 60 heavy (non-hydrogen) atoms. The van der Waals surface area contributed by atoms with Crippen molar-refractivity contribution in [3.8, 4) is 0 Å². The van der Waals surface area contributed by atoms with Crippen LogP contribution in [-0.4, -0.2) is 95.6 Å². The molecule has 6 rings (SSSR count). The van der Waals surface area contributed by atoms with Gasteiger partial charge in [0.05, 0.1) is 54.2 Å². The topological polar surface area (TPSA) is 210 Å². The molecule has 3 heterocycles. The lowest BCUT2D eigenvalue weighted by Gasteiger charge is -2.26. The minimum Gasteiger partial charge on any atom is -0.355 e. The van der Waals surface area contributed by atoms with E-state index in [1.807, 2.05) is 123 Å². The van der Waals surface area contributed by atoms with Crippen LogP contribution in [-0.2, 0) is 53.3 Å². The molecular formula is C45H56N12O3. The zero-order valence-electron chi connectivity index (χ0n) is 33.9. The lowest BCUT2D eigenvalue weighted by Crippen LogP contribution is -2.47. The van der Waals surface area contributed by atoms with Gasteiger partial charge in [0.1, 0.15) is 0 Å². The van der Waals surface area contributed by atoms with E-state index in [9.17, 15) is 14.4 Å². The fourth-order valence-electron chi connectivity index (χ4n) is 6.92. The third-order valence-electron chi connectivity index (χ3n) is 10.1. The summed E-state index contributed by atoms with van der Waals surface area (Å²) in [5.74, 6) is -0.832. The number of imidazole rings is 3. The molecule has 15 heteroatoms. The van der Waals surface area contributed by atoms with E-state index in [-0.39, 0.29) is 24.1 Å². The Kier molecular flexibility index (Phi) is 15.9. The fourth-order valence-corrected chi connectivity index (χ4v) is 6.92. The van der Waals surface area contributed by atoms with Gasteiger partial charge in [0.2, 0.25) is 17.7 Å². The van der Waals surface area contributed by atoms with Gasteiger partial charge >= 0.3 is 0 Å². The number of hydrogen-bond acceptors (Lipinski definition) is 9. The molecular weight excluding hydrogens is 757 g/mol. The molecule has 3 aromatic carbocycles. The van der Waals surface area contributed by atoms with Crippen LogP contribution in [0.2, 0.25) is 0 Å². The Morgan fingerprint density at radius 1 is 0.517 bits per heavy atom. The second kappa shape index (κ2) is 22.1. The summed E-state index contributed by atoms with van der Waals surface area (Å²) < 4.78 is 5.89. The van der Waals surface area contributed by atoms with Crippen LogP contribution >= 0.6 is 0 Å². The van der Waals surface area contributed by atoms with Crippen LogP contribution in [0.15, 0.2) is 129 Å². The van der Waals surface area contributed by atoms with Gasteiger partial charge < -0.3 is 46.4 Å². The van der Waals surface area contributed by atoms with E-state index in [0.29, 0.717) is 77.2 Å². The minimum absolute atomic E-state index is 0.240. The molecule has 0 spiro atoms. The maximum absolute atomic E-state index is 13.8. The summed E-state index contributed by atoms with van der Waals surface area (Å²) in [6.45, 7) is 3.31. The Bertz CT molecular complexity index is 2110. The van der Waals surface area contributed by atoms with E-state index in [1.165, 1.54) is 0 Å². The summed E-state index contributed by atoms with van der Waals surface area (Å²) >= 11 is 0. The van der Waals surface area contributed by atoms with Crippen LogP contribution in [0.3, 0.4) is 0 Å². The highest BCUT2D eigenvalue weighted by molar-refractivity contribution is 5.83. The predicted octanol–water partition coefficient (Wildman–Crippen LogP) is 2.27. The number of aromatic nitrogens is 6. The second-order valence-electron chi connectivity index (χ2n) is 15.1. The Labute approximate surface area is 351 Å². The van der Waals surface area contributed by atoms with Crippen molar-refractivity contribution in [3.05, 3.63) is 162 Å². The number of amides is 3. The summed E-state index contributed by atoms with van der Waals surface area (Å²) in [6.07, 6.45) is 12.7. The van der Waals surface area contributed by atoms with Gasteiger partial charge in [0.15, 0.2) is 0 Å². The van der Waals surface area contributed by atoms with Crippen molar-refractivity contribution in [1.29, 1.82) is 0 Å². The Hall–Kier alpha value is -6.42. The van der Waals surface area contributed by atoms with Crippen LogP contribution in [0.1, 0.15) is 46.6 Å². The van der Waals surface area contributed by atoms with E-state index in [4.69, 9.17) is 17.2 Å². The van der Waals surface area contributed by atoms with E-state index >= 15 is 0 Å². The number of nitrogens with two attached hydrogens (primary N) is 3. The molecule has 15 nitrogen and oxygen atoms in total. The first-order valence-corrected chi connectivity index (χ1v) is 20.4. The van der Waals surface area contributed by atoms with Gasteiger partial charge in [-0.1, -0.05) is 91.0 Å². The molecule has 0 radical (unpaired) electrons. The molecule has 0 unspecified atom stereocenters. The molecule has 0 saturated heterocycles. The van der Waals surface area contributed by atoms with Crippen molar-refractivity contribution in [2.75, 3.05) is 26.2 Å². The Morgan fingerprint density at radius 3 is 1.20 bits per heavy atom. The molecule has 3 atom stereocenters. The quantitative estimate of drug-likeness (QED) is 0.0601. The van der Waals surface area contributed by atoms with Crippen LogP contribution < -0.4 is 27.8 Å². The summed E-state index contributed by atoms with van der Waals surface area (Å²) in [5, 5.41) is 5.81. The number of nitrogens with one attached hydrogen (secondary N) is 2. The number of carbonyl (C=O) groups is 3. The first kappa shape index (κ1) is 43.2. The van der Waals surface area contributed by atoms with Crippen molar-refractivity contribution >= 4 is 17.7 Å². The molecule has 0 aliphatic heterocycles. The van der Waals surface area contributed by atoms with Crippen LogP contribution in [0, 0.1) is 0 Å². The Balaban J connectivity index is 0.971. The van der Waals surface area contributed by atoms with Crippen molar-refractivity contribution in [3.63, 3.8) is 0 Å². The van der Waals surface area contributed by atoms with E-state index in [2.05, 4.69) is 25.6 Å². The Morgan fingerprint density at radius 2 is 0.850 bits per heavy atom. The van der Waals surface area contributed by atoms with Crippen LogP contribution in [0.4, 0.5) is 0 Å². The monoisotopic (exact) mass is 812 g/mol. The molecule has 0 saturated carbocycles. The lowest BCUT2D eigenvalue weighted by molar-refractivity contribution is -0.132. The third kappa shape index (κ3) is 13.6. The molecule has 6 aromatic rings. The van der Waals surface area contributed by atoms with Gasteiger partial charge in [-0.15, -0.1) is 0 Å². The molecule has 0 fully saturated rings. The SMILES string of the molecule is N[C@@H](Cc1cn(Cc2ccccc2)cn1)C(=O)NCCCN(CCCNC(=O)[C@@H](N)Cc1cn(Cc2ccccc2)cn1)C(=O)[C@@H](N)Cc1cn(Cc2ccccc2)cn1. The maximum atomic E-state index is 13.8. The minimum atomic E-state index is -0.834. The van der Waals surface area contributed by atoms with E-state index < -0.39 is 18.1 Å². The maximum Gasteiger partial charge on any atom is 0.239 e. The van der Waals surface area contributed by atoms with Crippen molar-refractivity contribution < 1.29 is 14.4 Å². The highest BCUT2D eigenvalue weighted by Crippen LogP contribution is 2.10. The molecule has 0 bridgehead atoms. The first-order chi connectivity index (χ1) is 29.2. The predicted molar refractivity (Wildman–Crippen MR) is 230 cm³/mol. The number of hydrogen-bond donors (Lipinski definition) is 5. The smallest absolute Gasteiger partial charge is 0.239 e. The summed E-state index contributed by atoms with van der Waals surface area (Å²) in [7, 11) is 0. The summed E-state index contributed by atoms with van der Waals surface area (Å²) in [6, 6.07) is 27.8. The standard InChI is InChI=1S/C45H56N12O3/c46-40(22-37-28-54(31-51-37)25-34-12-4-1-5-13-34)43(58)49-18-10-20-57(45(60)42(48)24-39-30-56(33-53-39)27-36-16-8-3-9-17-36)21-11-19-50-44(59)41(47)23-38-29-55(32-52-38)26-35-14-6-2-7-15-35/h1-9,12-17,28-33,40-42H,10-11,18-27,46-48H2,(H,49,58)(H,50,59)/t40-,41-,42-/m0/s1. The lowest BCUT2D eigenvalue weighted by atomic mass is 10.1. The van der Waals surface area contributed by atoms with Gasteiger partial charge in [-0.05, 0) is 29.5 Å². The van der Waals surface area contributed by atoms with Crippen LogP contribution in [0.5, 0.6) is 0 Å². The second-order valence-corrected chi connectivity index (χ2v) is 15.1. The van der Waals surface area contributed by atoms with Crippen molar-refractivity contribution in [2.45, 2.75) is 69.9 Å². The number of nitrogens with zero attached hydrogens (tertiary/aromatic N) is 7. The number of benzene rings is 3. The molecule has 3 aromatic heterocycles. The molecule has 0 aliphatic rings. The van der Waals surface area contributed by atoms with Gasteiger partial charge in [0.25, 0.3) is 0 Å². The molecule has 3 amide bonds. The van der Waals surface area contributed by atoms with Crippen molar-refractivity contribution in [2.24, 2.45) is 17.2 Å².